The van der Waals surface area contributed by atoms with Gasteiger partial charge in [-0.25, -0.2) is 19.9 Å². The van der Waals surface area contributed by atoms with Gasteiger partial charge >= 0.3 is 0 Å². The van der Waals surface area contributed by atoms with E-state index in [4.69, 9.17) is 9.47 Å². The molecule has 0 unspecified atom stereocenters. The second-order valence-corrected chi connectivity index (χ2v) is 4.22. The molecule has 0 aliphatic rings. The first-order valence-corrected chi connectivity index (χ1v) is 6.30. The van der Waals surface area contributed by atoms with E-state index in [0.717, 1.165) is 5.69 Å². The lowest BCUT2D eigenvalue weighted by molar-refractivity contribution is 0.440. The van der Waals surface area contributed by atoms with Gasteiger partial charge in [0.1, 0.15) is 24.2 Å². The minimum absolute atomic E-state index is 0.472. The maximum atomic E-state index is 5.67. The molecule has 0 aliphatic carbocycles. The predicted molar refractivity (Wildman–Crippen MR) is 75.4 cm³/mol. The number of benzene rings is 1. The summed E-state index contributed by atoms with van der Waals surface area (Å²) in [5.74, 6) is 2.21. The number of ether oxygens (including phenoxy) is 2. The van der Waals surface area contributed by atoms with Gasteiger partial charge in [-0.3, -0.25) is 0 Å². The summed E-state index contributed by atoms with van der Waals surface area (Å²) in [6.45, 7) is 1.88. The van der Waals surface area contributed by atoms with E-state index in [0.29, 0.717) is 23.3 Å². The smallest absolute Gasteiger partial charge is 0.222 e. The van der Waals surface area contributed by atoms with Gasteiger partial charge in [0.2, 0.25) is 11.8 Å². The number of nitrogens with zero attached hydrogens (tertiary/aromatic N) is 4. The van der Waals surface area contributed by atoms with Crippen LogP contribution in [-0.2, 0) is 0 Å². The predicted octanol–water partition coefficient (Wildman–Crippen LogP) is 3.16. The Morgan fingerprint density at radius 3 is 2.29 bits per heavy atom. The zero-order chi connectivity index (χ0) is 14.5. The van der Waals surface area contributed by atoms with Crippen LogP contribution in [0.5, 0.6) is 23.3 Å². The summed E-state index contributed by atoms with van der Waals surface area (Å²) < 4.78 is 11.3. The molecule has 0 fully saturated rings. The lowest BCUT2D eigenvalue weighted by Crippen LogP contribution is -1.92. The lowest BCUT2D eigenvalue weighted by atomic mass is 10.3. The standard InChI is InChI=1S/C15H12N4O2/c1-11-7-15(19-10-17-11)21-13-4-2-3-12(8-13)20-14-5-6-16-9-18-14/h2-10H,1H3. The molecule has 0 saturated heterocycles. The number of hydrogen-bond acceptors (Lipinski definition) is 6. The molecule has 2 aromatic heterocycles. The highest BCUT2D eigenvalue weighted by molar-refractivity contribution is 5.36. The molecule has 0 N–H and O–H groups in total. The molecular formula is C15H12N4O2. The van der Waals surface area contributed by atoms with E-state index >= 15 is 0 Å². The molecule has 6 nitrogen and oxygen atoms in total. The largest absolute Gasteiger partial charge is 0.439 e. The van der Waals surface area contributed by atoms with Gasteiger partial charge in [-0.2, -0.15) is 0 Å². The molecule has 1 aromatic carbocycles. The summed E-state index contributed by atoms with van der Waals surface area (Å²) in [4.78, 5) is 15.9. The highest BCUT2D eigenvalue weighted by atomic mass is 16.5. The first-order chi connectivity index (χ1) is 10.3. The molecule has 6 heteroatoms. The molecule has 0 bridgehead atoms. The highest BCUT2D eigenvalue weighted by Gasteiger charge is 2.03. The van der Waals surface area contributed by atoms with Crippen LogP contribution in [0, 0.1) is 6.92 Å². The second-order valence-electron chi connectivity index (χ2n) is 4.22. The molecule has 0 atom stereocenters. The normalized spacial score (nSPS) is 10.1. The SMILES string of the molecule is Cc1cc(Oc2cccc(Oc3ccncn3)c2)ncn1. The molecule has 0 radical (unpaired) electrons. The number of hydrogen-bond donors (Lipinski definition) is 0. The van der Waals surface area contributed by atoms with Crippen molar-refractivity contribution in [1.82, 2.24) is 19.9 Å². The third-order valence-electron chi connectivity index (χ3n) is 2.58. The van der Waals surface area contributed by atoms with Crippen molar-refractivity contribution in [3.63, 3.8) is 0 Å². The fraction of sp³-hybridized carbons (Fsp3) is 0.0667. The van der Waals surface area contributed by atoms with Crippen LogP contribution < -0.4 is 9.47 Å². The Labute approximate surface area is 121 Å². The molecule has 21 heavy (non-hydrogen) atoms. The van der Waals surface area contributed by atoms with Crippen LogP contribution in [0.2, 0.25) is 0 Å². The summed E-state index contributed by atoms with van der Waals surface area (Å²) in [5, 5.41) is 0. The molecule has 0 saturated carbocycles. The third kappa shape index (κ3) is 3.50. The first kappa shape index (κ1) is 13.0. The van der Waals surface area contributed by atoms with E-state index in [1.807, 2.05) is 25.1 Å². The Balaban J connectivity index is 1.77. The summed E-state index contributed by atoms with van der Waals surface area (Å²) in [7, 11) is 0. The van der Waals surface area contributed by atoms with Crippen molar-refractivity contribution in [1.29, 1.82) is 0 Å². The molecule has 3 rings (SSSR count). The van der Waals surface area contributed by atoms with E-state index in [2.05, 4.69) is 19.9 Å². The molecular weight excluding hydrogens is 268 g/mol. The minimum Gasteiger partial charge on any atom is -0.439 e. The van der Waals surface area contributed by atoms with Crippen LogP contribution in [0.4, 0.5) is 0 Å². The highest BCUT2D eigenvalue weighted by Crippen LogP contribution is 2.26. The Morgan fingerprint density at radius 2 is 1.57 bits per heavy atom. The van der Waals surface area contributed by atoms with E-state index in [-0.39, 0.29) is 0 Å². The first-order valence-electron chi connectivity index (χ1n) is 6.30. The zero-order valence-corrected chi connectivity index (χ0v) is 11.3. The topological polar surface area (TPSA) is 70.0 Å². The van der Waals surface area contributed by atoms with Crippen molar-refractivity contribution >= 4 is 0 Å². The van der Waals surface area contributed by atoms with Gasteiger partial charge in [0.15, 0.2) is 0 Å². The Morgan fingerprint density at radius 1 is 0.810 bits per heavy atom. The van der Waals surface area contributed by atoms with Gasteiger partial charge < -0.3 is 9.47 Å². The van der Waals surface area contributed by atoms with Gasteiger partial charge in [-0.15, -0.1) is 0 Å². The van der Waals surface area contributed by atoms with E-state index in [1.165, 1.54) is 12.7 Å². The van der Waals surface area contributed by atoms with Crippen LogP contribution in [0.25, 0.3) is 0 Å². The van der Waals surface area contributed by atoms with E-state index in [9.17, 15) is 0 Å². The fourth-order valence-corrected chi connectivity index (χ4v) is 1.67. The Bertz CT molecular complexity index is 735. The van der Waals surface area contributed by atoms with Crippen molar-refractivity contribution in [3.8, 4) is 23.3 Å². The Kier molecular flexibility index (Phi) is 3.68. The van der Waals surface area contributed by atoms with Crippen LogP contribution in [0.3, 0.4) is 0 Å². The van der Waals surface area contributed by atoms with Crippen molar-refractivity contribution in [2.24, 2.45) is 0 Å². The monoisotopic (exact) mass is 280 g/mol. The van der Waals surface area contributed by atoms with Gasteiger partial charge in [0, 0.05) is 30.1 Å². The summed E-state index contributed by atoms with van der Waals surface area (Å²) in [6.07, 6.45) is 4.51. The molecule has 0 spiro atoms. The third-order valence-corrected chi connectivity index (χ3v) is 2.58. The minimum atomic E-state index is 0.472. The van der Waals surface area contributed by atoms with Crippen LogP contribution in [0.1, 0.15) is 5.69 Å². The van der Waals surface area contributed by atoms with Gasteiger partial charge in [-0.05, 0) is 19.1 Å². The summed E-state index contributed by atoms with van der Waals surface area (Å²) in [5.41, 5.74) is 0.841. The van der Waals surface area contributed by atoms with Crippen molar-refractivity contribution < 1.29 is 9.47 Å². The van der Waals surface area contributed by atoms with Crippen molar-refractivity contribution in [2.75, 3.05) is 0 Å². The average Bonchev–Trinajstić information content (AvgIpc) is 2.49. The van der Waals surface area contributed by atoms with Crippen LogP contribution >= 0.6 is 0 Å². The van der Waals surface area contributed by atoms with Gasteiger partial charge in [-0.1, -0.05) is 6.07 Å². The number of rotatable bonds is 4. The van der Waals surface area contributed by atoms with Crippen molar-refractivity contribution in [3.05, 3.63) is 60.9 Å². The Hall–Kier alpha value is -3.02. The van der Waals surface area contributed by atoms with Crippen molar-refractivity contribution in [2.45, 2.75) is 6.92 Å². The van der Waals surface area contributed by atoms with Crippen LogP contribution in [-0.4, -0.2) is 19.9 Å². The molecule has 3 aromatic rings. The maximum absolute atomic E-state index is 5.67. The van der Waals surface area contributed by atoms with Gasteiger partial charge in [0.25, 0.3) is 0 Å². The van der Waals surface area contributed by atoms with E-state index < -0.39 is 0 Å². The molecule has 0 aliphatic heterocycles. The molecule has 0 amide bonds. The number of aryl methyl sites for hydroxylation is 1. The number of aromatic nitrogens is 4. The van der Waals surface area contributed by atoms with Gasteiger partial charge in [0.05, 0.1) is 0 Å². The van der Waals surface area contributed by atoms with E-state index in [1.54, 1.807) is 24.4 Å². The average molecular weight is 280 g/mol. The summed E-state index contributed by atoms with van der Waals surface area (Å²) >= 11 is 0. The van der Waals surface area contributed by atoms with Crippen LogP contribution in [0.15, 0.2) is 55.2 Å². The second kappa shape index (κ2) is 5.96. The zero-order valence-electron chi connectivity index (χ0n) is 11.3. The fourth-order valence-electron chi connectivity index (χ4n) is 1.67. The molecule has 2 heterocycles. The lowest BCUT2D eigenvalue weighted by Gasteiger charge is -2.07. The quantitative estimate of drug-likeness (QED) is 0.731. The summed E-state index contributed by atoms with van der Waals surface area (Å²) in [6, 6.07) is 10.7. The maximum Gasteiger partial charge on any atom is 0.222 e. The molecule has 104 valence electrons.